The SMILES string of the molecule is CC(C)(C)OC(=O)ON1CCC(OC(=O)O)CC1. The molecule has 1 aliphatic rings. The van der Waals surface area contributed by atoms with Gasteiger partial charge in [0.15, 0.2) is 0 Å². The predicted molar refractivity (Wildman–Crippen MR) is 61.0 cm³/mol. The third-order valence-electron chi connectivity index (χ3n) is 2.26. The van der Waals surface area contributed by atoms with E-state index in [1.165, 1.54) is 5.06 Å². The van der Waals surface area contributed by atoms with Gasteiger partial charge in [0, 0.05) is 25.9 Å². The highest BCUT2D eigenvalue weighted by atomic mass is 16.8. The fraction of sp³-hybridized carbons (Fsp3) is 0.818. The Balaban J connectivity index is 2.27. The number of nitrogens with zero attached hydrogens (tertiary/aromatic N) is 1. The molecule has 7 heteroatoms. The summed E-state index contributed by atoms with van der Waals surface area (Å²) in [6.07, 6.45) is -1.37. The van der Waals surface area contributed by atoms with Crippen LogP contribution >= 0.6 is 0 Å². The Morgan fingerprint density at radius 3 is 2.22 bits per heavy atom. The van der Waals surface area contributed by atoms with E-state index in [9.17, 15) is 9.59 Å². The van der Waals surface area contributed by atoms with Gasteiger partial charge in [0.05, 0.1) is 0 Å². The predicted octanol–water partition coefficient (Wildman–Crippen LogP) is 2.01. The second kappa shape index (κ2) is 5.90. The lowest BCUT2D eigenvalue weighted by atomic mass is 10.1. The first kappa shape index (κ1) is 14.6. The van der Waals surface area contributed by atoms with Gasteiger partial charge in [-0.2, -0.15) is 0 Å². The number of hydroxylamine groups is 2. The minimum absolute atomic E-state index is 0.332. The molecule has 0 unspecified atom stereocenters. The van der Waals surface area contributed by atoms with Crippen molar-refractivity contribution in [3.8, 4) is 0 Å². The van der Waals surface area contributed by atoms with Gasteiger partial charge in [-0.15, -0.1) is 5.06 Å². The molecular weight excluding hydrogens is 242 g/mol. The monoisotopic (exact) mass is 261 g/mol. The van der Waals surface area contributed by atoms with Crippen LogP contribution in [-0.2, 0) is 14.3 Å². The molecule has 0 atom stereocenters. The number of rotatable bonds is 2. The van der Waals surface area contributed by atoms with Crippen molar-refractivity contribution in [1.82, 2.24) is 5.06 Å². The lowest BCUT2D eigenvalue weighted by Crippen LogP contribution is -2.40. The van der Waals surface area contributed by atoms with Gasteiger partial charge in [-0.05, 0) is 20.8 Å². The van der Waals surface area contributed by atoms with E-state index in [2.05, 4.69) is 4.74 Å². The number of hydrogen-bond acceptors (Lipinski definition) is 6. The third-order valence-corrected chi connectivity index (χ3v) is 2.26. The molecule has 18 heavy (non-hydrogen) atoms. The van der Waals surface area contributed by atoms with Gasteiger partial charge in [0.1, 0.15) is 11.7 Å². The standard InChI is InChI=1S/C11H19NO6/c1-11(2,3)17-10(15)18-12-6-4-8(5-7-12)16-9(13)14/h8H,4-7H2,1-3H3,(H,13,14). The Hall–Kier alpha value is -1.50. The van der Waals surface area contributed by atoms with Gasteiger partial charge in [0.25, 0.3) is 0 Å². The molecule has 1 aliphatic heterocycles. The molecule has 1 heterocycles. The highest BCUT2D eigenvalue weighted by molar-refractivity contribution is 5.60. The summed E-state index contributed by atoms with van der Waals surface area (Å²) in [5, 5.41) is 9.92. The van der Waals surface area contributed by atoms with Gasteiger partial charge in [-0.3, -0.25) is 0 Å². The molecule has 0 aromatic rings. The normalized spacial score (nSPS) is 18.2. The Morgan fingerprint density at radius 2 is 1.78 bits per heavy atom. The smallest absolute Gasteiger partial charge is 0.450 e. The molecule has 0 radical (unpaired) electrons. The van der Waals surface area contributed by atoms with E-state index in [0.717, 1.165) is 0 Å². The molecule has 1 N–H and O–H groups in total. The summed E-state index contributed by atoms with van der Waals surface area (Å²) < 4.78 is 9.65. The number of hydrogen-bond donors (Lipinski definition) is 1. The summed E-state index contributed by atoms with van der Waals surface area (Å²) >= 11 is 0. The summed E-state index contributed by atoms with van der Waals surface area (Å²) in [7, 11) is 0. The van der Waals surface area contributed by atoms with Crippen LogP contribution in [-0.4, -0.2) is 47.3 Å². The van der Waals surface area contributed by atoms with Crippen LogP contribution in [0, 0.1) is 0 Å². The first-order chi connectivity index (χ1) is 8.26. The van der Waals surface area contributed by atoms with Gasteiger partial charge in [-0.25, -0.2) is 9.59 Å². The molecule has 0 amide bonds. The van der Waals surface area contributed by atoms with Crippen LogP contribution in [0.4, 0.5) is 9.59 Å². The summed E-state index contributed by atoms with van der Waals surface area (Å²) in [6.45, 7) is 6.11. The van der Waals surface area contributed by atoms with Crippen molar-refractivity contribution >= 4 is 12.3 Å². The van der Waals surface area contributed by atoms with Crippen molar-refractivity contribution in [2.45, 2.75) is 45.3 Å². The molecule has 0 aromatic heterocycles. The van der Waals surface area contributed by atoms with Gasteiger partial charge >= 0.3 is 12.3 Å². The van der Waals surface area contributed by atoms with E-state index in [0.29, 0.717) is 25.9 Å². The van der Waals surface area contributed by atoms with Crippen molar-refractivity contribution in [1.29, 1.82) is 0 Å². The lowest BCUT2D eigenvalue weighted by Gasteiger charge is -2.30. The summed E-state index contributed by atoms with van der Waals surface area (Å²) in [5.41, 5.74) is -0.595. The van der Waals surface area contributed by atoms with E-state index in [1.54, 1.807) is 20.8 Å². The Kier molecular flexibility index (Phi) is 4.77. The molecule has 1 saturated heterocycles. The maximum absolute atomic E-state index is 11.4. The molecule has 7 nitrogen and oxygen atoms in total. The minimum atomic E-state index is -1.28. The lowest BCUT2D eigenvalue weighted by molar-refractivity contribution is -0.161. The van der Waals surface area contributed by atoms with Crippen molar-refractivity contribution in [2.75, 3.05) is 13.1 Å². The number of carboxylic acid groups (broad SMARTS) is 1. The molecule has 0 aromatic carbocycles. The van der Waals surface area contributed by atoms with E-state index in [-0.39, 0.29) is 6.10 Å². The van der Waals surface area contributed by atoms with Crippen LogP contribution < -0.4 is 0 Å². The molecule has 104 valence electrons. The van der Waals surface area contributed by atoms with E-state index < -0.39 is 17.9 Å². The maximum Gasteiger partial charge on any atom is 0.528 e. The Bertz CT molecular complexity index is 303. The minimum Gasteiger partial charge on any atom is -0.450 e. The van der Waals surface area contributed by atoms with E-state index in [4.69, 9.17) is 14.7 Å². The van der Waals surface area contributed by atoms with Crippen molar-refractivity contribution < 1.29 is 29.0 Å². The molecular formula is C11H19NO6. The largest absolute Gasteiger partial charge is 0.528 e. The second-order valence-electron chi connectivity index (χ2n) is 5.07. The fourth-order valence-corrected chi connectivity index (χ4v) is 1.56. The van der Waals surface area contributed by atoms with Crippen molar-refractivity contribution in [3.63, 3.8) is 0 Å². The summed E-state index contributed by atoms with van der Waals surface area (Å²) in [6, 6.07) is 0. The van der Waals surface area contributed by atoms with Crippen molar-refractivity contribution in [3.05, 3.63) is 0 Å². The zero-order chi connectivity index (χ0) is 13.8. The van der Waals surface area contributed by atoms with Crippen LogP contribution in [0.1, 0.15) is 33.6 Å². The number of carbonyl (C=O) groups excluding carboxylic acids is 1. The topological polar surface area (TPSA) is 85.3 Å². The van der Waals surface area contributed by atoms with Crippen LogP contribution in [0.2, 0.25) is 0 Å². The number of carbonyl (C=O) groups is 2. The zero-order valence-electron chi connectivity index (χ0n) is 10.8. The van der Waals surface area contributed by atoms with E-state index in [1.807, 2.05) is 0 Å². The Morgan fingerprint density at radius 1 is 1.22 bits per heavy atom. The Labute approximate surface area is 106 Å². The highest BCUT2D eigenvalue weighted by Crippen LogP contribution is 2.15. The molecule has 0 aliphatic carbocycles. The second-order valence-corrected chi connectivity index (χ2v) is 5.07. The average Bonchev–Trinajstić information content (AvgIpc) is 2.17. The van der Waals surface area contributed by atoms with Crippen LogP contribution in [0.15, 0.2) is 0 Å². The molecule has 1 fully saturated rings. The number of piperidine rings is 1. The third kappa shape index (κ3) is 5.72. The van der Waals surface area contributed by atoms with Gasteiger partial charge < -0.3 is 19.4 Å². The quantitative estimate of drug-likeness (QED) is 0.761. The summed E-state index contributed by atoms with van der Waals surface area (Å²) in [5.74, 6) is 0. The van der Waals surface area contributed by atoms with Gasteiger partial charge in [-0.1, -0.05) is 0 Å². The molecule has 0 saturated carbocycles. The average molecular weight is 261 g/mol. The summed E-state index contributed by atoms with van der Waals surface area (Å²) in [4.78, 5) is 26.7. The molecule has 0 bridgehead atoms. The van der Waals surface area contributed by atoms with Crippen molar-refractivity contribution in [2.24, 2.45) is 0 Å². The first-order valence-corrected chi connectivity index (χ1v) is 5.82. The fourth-order valence-electron chi connectivity index (χ4n) is 1.56. The number of ether oxygens (including phenoxy) is 2. The van der Waals surface area contributed by atoms with Crippen LogP contribution in [0.3, 0.4) is 0 Å². The first-order valence-electron chi connectivity index (χ1n) is 5.82. The highest BCUT2D eigenvalue weighted by Gasteiger charge is 2.26. The van der Waals surface area contributed by atoms with E-state index >= 15 is 0 Å². The maximum atomic E-state index is 11.4. The zero-order valence-corrected chi connectivity index (χ0v) is 10.8. The van der Waals surface area contributed by atoms with Crippen LogP contribution in [0.25, 0.3) is 0 Å². The van der Waals surface area contributed by atoms with Gasteiger partial charge in [0.2, 0.25) is 0 Å². The van der Waals surface area contributed by atoms with Crippen LogP contribution in [0.5, 0.6) is 0 Å². The molecule has 1 rings (SSSR count). The molecule has 0 spiro atoms.